The third kappa shape index (κ3) is 3.54. The van der Waals surface area contributed by atoms with Crippen molar-refractivity contribution in [1.29, 1.82) is 0 Å². The first-order valence-corrected chi connectivity index (χ1v) is 6.72. The van der Waals surface area contributed by atoms with Gasteiger partial charge in [-0.3, -0.25) is 4.79 Å². The van der Waals surface area contributed by atoms with Crippen LogP contribution in [0, 0.1) is 13.8 Å². The number of hydrogen-bond donors (Lipinski definition) is 1. The first-order valence-electron chi connectivity index (χ1n) is 5.90. The molecule has 2 rings (SSSR count). The zero-order valence-electron chi connectivity index (χ0n) is 10.8. The van der Waals surface area contributed by atoms with Crippen molar-refractivity contribution in [3.8, 4) is 5.75 Å². The van der Waals surface area contributed by atoms with Crippen LogP contribution >= 0.6 is 11.3 Å². The van der Waals surface area contributed by atoms with E-state index in [0.717, 1.165) is 21.2 Å². The van der Waals surface area contributed by atoms with Gasteiger partial charge >= 0.3 is 5.97 Å². The first kappa shape index (κ1) is 13.5. The zero-order valence-corrected chi connectivity index (χ0v) is 11.7. The molecule has 0 fully saturated rings. The fourth-order valence-corrected chi connectivity index (χ4v) is 2.49. The zero-order chi connectivity index (χ0) is 13.8. The van der Waals surface area contributed by atoms with Gasteiger partial charge in [0.05, 0.1) is 6.42 Å². The van der Waals surface area contributed by atoms with E-state index in [2.05, 4.69) is 4.98 Å². The Morgan fingerprint density at radius 3 is 2.95 bits per heavy atom. The van der Waals surface area contributed by atoms with Gasteiger partial charge in [0.25, 0.3) is 0 Å². The fraction of sp³-hybridized carbons (Fsp3) is 0.286. The van der Waals surface area contributed by atoms with Crippen LogP contribution in [0.1, 0.15) is 21.0 Å². The quantitative estimate of drug-likeness (QED) is 0.912. The number of rotatable bonds is 5. The van der Waals surface area contributed by atoms with Gasteiger partial charge in [0.1, 0.15) is 17.4 Å². The second kappa shape index (κ2) is 5.84. The van der Waals surface area contributed by atoms with E-state index in [0.29, 0.717) is 6.61 Å². The molecule has 5 heteroatoms. The second-order valence-electron chi connectivity index (χ2n) is 4.28. The Bertz CT molecular complexity index is 592. The SMILES string of the molecule is Cc1cccc(OCc2ncc(CC(=O)O)s2)c1C. The highest BCUT2D eigenvalue weighted by Gasteiger charge is 2.07. The van der Waals surface area contributed by atoms with Crippen molar-refractivity contribution in [3.05, 3.63) is 45.4 Å². The molecule has 4 nitrogen and oxygen atoms in total. The van der Waals surface area contributed by atoms with Crippen molar-refractivity contribution in [2.75, 3.05) is 0 Å². The molecule has 0 atom stereocenters. The molecule has 0 saturated carbocycles. The van der Waals surface area contributed by atoms with E-state index >= 15 is 0 Å². The molecule has 0 aliphatic rings. The molecule has 0 radical (unpaired) electrons. The standard InChI is InChI=1S/C14H15NO3S/c1-9-4-3-5-12(10(9)2)18-8-13-15-7-11(19-13)6-14(16)17/h3-5,7H,6,8H2,1-2H3,(H,16,17). The largest absolute Gasteiger partial charge is 0.486 e. The molecule has 1 N–H and O–H groups in total. The molecular weight excluding hydrogens is 262 g/mol. The van der Waals surface area contributed by atoms with Gasteiger partial charge in [0.15, 0.2) is 0 Å². The Kier molecular flexibility index (Phi) is 4.16. The van der Waals surface area contributed by atoms with Gasteiger partial charge in [-0.1, -0.05) is 12.1 Å². The van der Waals surface area contributed by atoms with E-state index in [-0.39, 0.29) is 6.42 Å². The molecule has 2 aromatic rings. The lowest BCUT2D eigenvalue weighted by Gasteiger charge is -2.09. The lowest BCUT2D eigenvalue weighted by molar-refractivity contribution is -0.136. The van der Waals surface area contributed by atoms with Gasteiger partial charge in [0.2, 0.25) is 0 Å². The third-order valence-electron chi connectivity index (χ3n) is 2.83. The molecule has 19 heavy (non-hydrogen) atoms. The minimum atomic E-state index is -0.842. The summed E-state index contributed by atoms with van der Waals surface area (Å²) in [6, 6.07) is 5.92. The summed E-state index contributed by atoms with van der Waals surface area (Å²) in [5.41, 5.74) is 2.30. The van der Waals surface area contributed by atoms with E-state index in [1.54, 1.807) is 6.20 Å². The highest BCUT2D eigenvalue weighted by Crippen LogP contribution is 2.22. The smallest absolute Gasteiger partial charge is 0.308 e. The molecule has 0 bridgehead atoms. The number of nitrogens with zero attached hydrogens (tertiary/aromatic N) is 1. The number of benzene rings is 1. The number of carboxylic acid groups (broad SMARTS) is 1. The average molecular weight is 277 g/mol. The molecule has 100 valence electrons. The summed E-state index contributed by atoms with van der Waals surface area (Å²) in [7, 11) is 0. The fourth-order valence-electron chi connectivity index (χ4n) is 1.67. The topological polar surface area (TPSA) is 59.4 Å². The molecule has 0 spiro atoms. The molecular formula is C14H15NO3S. The number of carboxylic acids is 1. The van der Waals surface area contributed by atoms with Crippen molar-refractivity contribution >= 4 is 17.3 Å². The van der Waals surface area contributed by atoms with Crippen LogP contribution in [0.25, 0.3) is 0 Å². The molecule has 1 aromatic heterocycles. The van der Waals surface area contributed by atoms with Crippen LogP contribution in [-0.2, 0) is 17.8 Å². The summed E-state index contributed by atoms with van der Waals surface area (Å²) in [5, 5.41) is 9.49. The van der Waals surface area contributed by atoms with Crippen LogP contribution in [0.15, 0.2) is 24.4 Å². The van der Waals surface area contributed by atoms with Crippen LogP contribution in [0.4, 0.5) is 0 Å². The van der Waals surface area contributed by atoms with E-state index in [4.69, 9.17) is 9.84 Å². The Labute approximate surface area is 115 Å². The third-order valence-corrected chi connectivity index (χ3v) is 3.80. The summed E-state index contributed by atoms with van der Waals surface area (Å²) in [4.78, 5) is 15.5. The first-order chi connectivity index (χ1) is 9.06. The van der Waals surface area contributed by atoms with Gasteiger partial charge < -0.3 is 9.84 Å². The van der Waals surface area contributed by atoms with Gasteiger partial charge in [-0.25, -0.2) is 4.98 Å². The van der Waals surface area contributed by atoms with E-state index in [1.807, 2.05) is 32.0 Å². The van der Waals surface area contributed by atoms with Gasteiger partial charge in [-0.05, 0) is 31.0 Å². The predicted molar refractivity (Wildman–Crippen MR) is 73.7 cm³/mol. The number of thiazole rings is 1. The van der Waals surface area contributed by atoms with Crippen LogP contribution in [0.3, 0.4) is 0 Å². The van der Waals surface area contributed by atoms with Crippen molar-refractivity contribution in [2.24, 2.45) is 0 Å². The van der Waals surface area contributed by atoms with Crippen molar-refractivity contribution in [1.82, 2.24) is 4.98 Å². The number of aliphatic carboxylic acids is 1. The van der Waals surface area contributed by atoms with E-state index in [9.17, 15) is 4.79 Å². The molecule has 0 aliphatic heterocycles. The maximum absolute atomic E-state index is 10.6. The normalized spacial score (nSPS) is 10.4. The number of carbonyl (C=O) groups is 1. The molecule has 0 amide bonds. The van der Waals surface area contributed by atoms with Crippen molar-refractivity contribution < 1.29 is 14.6 Å². The van der Waals surface area contributed by atoms with Crippen LogP contribution in [0.5, 0.6) is 5.75 Å². The molecule has 0 saturated heterocycles. The van der Waals surface area contributed by atoms with E-state index in [1.165, 1.54) is 16.9 Å². The minimum Gasteiger partial charge on any atom is -0.486 e. The second-order valence-corrected chi connectivity index (χ2v) is 5.48. The van der Waals surface area contributed by atoms with Gasteiger partial charge in [-0.15, -0.1) is 11.3 Å². The summed E-state index contributed by atoms with van der Waals surface area (Å²) in [6.45, 7) is 4.42. The lowest BCUT2D eigenvalue weighted by Crippen LogP contribution is -1.97. The molecule has 1 aromatic carbocycles. The summed E-state index contributed by atoms with van der Waals surface area (Å²) in [6.07, 6.45) is 1.61. The number of aryl methyl sites for hydroxylation is 1. The van der Waals surface area contributed by atoms with Crippen LogP contribution in [0.2, 0.25) is 0 Å². The van der Waals surface area contributed by atoms with Crippen molar-refractivity contribution in [3.63, 3.8) is 0 Å². The maximum Gasteiger partial charge on any atom is 0.308 e. The summed E-state index contributed by atoms with van der Waals surface area (Å²) < 4.78 is 5.72. The predicted octanol–water partition coefficient (Wildman–Crippen LogP) is 2.97. The van der Waals surface area contributed by atoms with Crippen LogP contribution < -0.4 is 4.74 Å². The molecule has 1 heterocycles. The molecule has 0 unspecified atom stereocenters. The van der Waals surface area contributed by atoms with Gasteiger partial charge in [-0.2, -0.15) is 0 Å². The Morgan fingerprint density at radius 2 is 2.21 bits per heavy atom. The Morgan fingerprint density at radius 1 is 1.42 bits per heavy atom. The highest BCUT2D eigenvalue weighted by molar-refractivity contribution is 7.11. The van der Waals surface area contributed by atoms with Crippen LogP contribution in [-0.4, -0.2) is 16.1 Å². The highest BCUT2D eigenvalue weighted by atomic mass is 32.1. The Hall–Kier alpha value is -1.88. The number of hydrogen-bond acceptors (Lipinski definition) is 4. The minimum absolute atomic E-state index is 0.0150. The Balaban J connectivity index is 2.00. The van der Waals surface area contributed by atoms with Crippen molar-refractivity contribution in [2.45, 2.75) is 26.9 Å². The maximum atomic E-state index is 10.6. The summed E-state index contributed by atoms with van der Waals surface area (Å²) >= 11 is 1.37. The van der Waals surface area contributed by atoms with E-state index < -0.39 is 5.97 Å². The number of aromatic nitrogens is 1. The lowest BCUT2D eigenvalue weighted by atomic mass is 10.1. The monoisotopic (exact) mass is 277 g/mol. The average Bonchev–Trinajstić information content (AvgIpc) is 2.78. The summed E-state index contributed by atoms with van der Waals surface area (Å²) in [5.74, 6) is 0.000585. The molecule has 0 aliphatic carbocycles. The van der Waals surface area contributed by atoms with Gasteiger partial charge in [0, 0.05) is 11.1 Å². The number of ether oxygens (including phenoxy) is 1.